The quantitative estimate of drug-likeness (QED) is 0.782. The zero-order valence-corrected chi connectivity index (χ0v) is 9.05. The first-order valence-electron chi connectivity index (χ1n) is 5.07. The van der Waals surface area contributed by atoms with Crippen LogP contribution in [-0.2, 0) is 11.2 Å². The molecule has 0 spiro atoms. The van der Waals surface area contributed by atoms with E-state index in [9.17, 15) is 4.79 Å². The molecule has 0 radical (unpaired) electrons. The second kappa shape index (κ2) is 4.80. The Morgan fingerprint density at radius 1 is 1.36 bits per heavy atom. The fraction of sp³-hybridized carbons (Fsp3) is 0.417. The average molecular weight is 191 g/mol. The van der Waals surface area contributed by atoms with E-state index in [1.807, 2.05) is 26.0 Å². The minimum absolute atomic E-state index is 0.0707. The Morgan fingerprint density at radius 3 is 2.64 bits per heavy atom. The lowest BCUT2D eigenvalue weighted by Gasteiger charge is -2.10. The highest BCUT2D eigenvalue weighted by molar-refractivity contribution is 5.91. The van der Waals surface area contributed by atoms with Crippen molar-refractivity contribution in [3.05, 3.63) is 29.3 Å². The molecule has 0 atom stereocenters. The number of rotatable bonds is 3. The van der Waals surface area contributed by atoms with Crippen molar-refractivity contribution in [2.24, 2.45) is 0 Å². The highest BCUT2D eigenvalue weighted by Crippen LogP contribution is 2.19. The Hall–Kier alpha value is -1.31. The topological polar surface area (TPSA) is 29.1 Å². The van der Waals surface area contributed by atoms with Gasteiger partial charge in [0.2, 0.25) is 5.91 Å². The predicted octanol–water partition coefficient (Wildman–Crippen LogP) is 2.91. The molecule has 0 fully saturated rings. The van der Waals surface area contributed by atoms with Crippen molar-refractivity contribution in [1.29, 1.82) is 0 Å². The summed E-state index contributed by atoms with van der Waals surface area (Å²) >= 11 is 0. The van der Waals surface area contributed by atoms with Crippen LogP contribution in [0, 0.1) is 6.92 Å². The molecule has 0 aliphatic heterocycles. The zero-order valence-electron chi connectivity index (χ0n) is 9.05. The molecule has 0 heterocycles. The zero-order chi connectivity index (χ0) is 10.6. The number of anilines is 1. The Kier molecular flexibility index (Phi) is 3.69. The molecule has 1 amide bonds. The molecular weight excluding hydrogens is 174 g/mol. The number of hydrogen-bond donors (Lipinski definition) is 1. The molecule has 1 aromatic carbocycles. The Labute approximate surface area is 85.3 Å². The summed E-state index contributed by atoms with van der Waals surface area (Å²) in [6.45, 7) is 6.02. The van der Waals surface area contributed by atoms with Crippen LogP contribution in [0.2, 0.25) is 0 Å². The van der Waals surface area contributed by atoms with E-state index in [2.05, 4.69) is 18.3 Å². The largest absolute Gasteiger partial charge is 0.326 e. The van der Waals surface area contributed by atoms with Crippen LogP contribution >= 0.6 is 0 Å². The van der Waals surface area contributed by atoms with Crippen LogP contribution < -0.4 is 5.32 Å². The van der Waals surface area contributed by atoms with Gasteiger partial charge >= 0.3 is 0 Å². The van der Waals surface area contributed by atoms with Crippen molar-refractivity contribution < 1.29 is 4.79 Å². The second-order valence-electron chi connectivity index (χ2n) is 3.34. The van der Waals surface area contributed by atoms with Gasteiger partial charge in [-0.25, -0.2) is 0 Å². The third kappa shape index (κ3) is 2.34. The Balaban J connectivity index is 2.92. The van der Waals surface area contributed by atoms with Crippen molar-refractivity contribution in [2.45, 2.75) is 33.6 Å². The summed E-state index contributed by atoms with van der Waals surface area (Å²) in [6.07, 6.45) is 1.53. The third-order valence-corrected chi connectivity index (χ3v) is 2.42. The van der Waals surface area contributed by atoms with Gasteiger partial charge in [0.05, 0.1) is 0 Å². The molecule has 0 unspecified atom stereocenters. The second-order valence-corrected chi connectivity index (χ2v) is 3.34. The Bertz CT molecular complexity index is 331. The van der Waals surface area contributed by atoms with E-state index in [1.165, 1.54) is 11.1 Å². The van der Waals surface area contributed by atoms with Gasteiger partial charge in [-0.1, -0.05) is 26.0 Å². The monoisotopic (exact) mass is 191 g/mol. The van der Waals surface area contributed by atoms with Crippen LogP contribution in [0.3, 0.4) is 0 Å². The maximum absolute atomic E-state index is 11.2. The molecule has 0 aromatic heterocycles. The first kappa shape index (κ1) is 10.8. The molecule has 2 nitrogen and oxygen atoms in total. The molecule has 0 aliphatic rings. The molecule has 0 saturated carbocycles. The summed E-state index contributed by atoms with van der Waals surface area (Å²) in [6, 6.07) is 6.02. The van der Waals surface area contributed by atoms with Crippen LogP contribution in [0.4, 0.5) is 5.69 Å². The van der Waals surface area contributed by atoms with Gasteiger partial charge in [-0.2, -0.15) is 0 Å². The highest BCUT2D eigenvalue weighted by Gasteiger charge is 2.04. The summed E-state index contributed by atoms with van der Waals surface area (Å²) in [5.74, 6) is 0.0707. The van der Waals surface area contributed by atoms with E-state index in [-0.39, 0.29) is 5.91 Å². The highest BCUT2D eigenvalue weighted by atomic mass is 16.1. The SMILES string of the molecule is CCC(=O)Nc1cccc(CC)c1C. The van der Waals surface area contributed by atoms with Crippen LogP contribution in [0.5, 0.6) is 0 Å². The van der Waals surface area contributed by atoms with Crippen molar-refractivity contribution in [3.8, 4) is 0 Å². The number of carbonyl (C=O) groups excluding carboxylic acids is 1. The number of carbonyl (C=O) groups is 1. The third-order valence-electron chi connectivity index (χ3n) is 2.42. The van der Waals surface area contributed by atoms with Crippen LogP contribution in [0.25, 0.3) is 0 Å². The molecule has 2 heteroatoms. The maximum Gasteiger partial charge on any atom is 0.224 e. The van der Waals surface area contributed by atoms with Crippen LogP contribution in [-0.4, -0.2) is 5.91 Å². The van der Waals surface area contributed by atoms with Gasteiger partial charge in [-0.05, 0) is 30.5 Å². The van der Waals surface area contributed by atoms with Crippen molar-refractivity contribution >= 4 is 11.6 Å². The van der Waals surface area contributed by atoms with Crippen LogP contribution in [0.15, 0.2) is 18.2 Å². The molecule has 1 N–H and O–H groups in total. The van der Waals surface area contributed by atoms with Gasteiger partial charge in [0.1, 0.15) is 0 Å². The van der Waals surface area contributed by atoms with Crippen molar-refractivity contribution in [3.63, 3.8) is 0 Å². The average Bonchev–Trinajstić information content (AvgIpc) is 2.21. The predicted molar refractivity (Wildman–Crippen MR) is 59.5 cm³/mol. The lowest BCUT2D eigenvalue weighted by Crippen LogP contribution is -2.11. The normalized spacial score (nSPS) is 9.93. The number of benzene rings is 1. The van der Waals surface area contributed by atoms with E-state index in [4.69, 9.17) is 0 Å². The number of nitrogens with one attached hydrogen (secondary N) is 1. The molecule has 14 heavy (non-hydrogen) atoms. The fourth-order valence-corrected chi connectivity index (χ4v) is 1.44. The van der Waals surface area contributed by atoms with Crippen molar-refractivity contribution in [2.75, 3.05) is 5.32 Å². The van der Waals surface area contributed by atoms with Gasteiger partial charge in [0.15, 0.2) is 0 Å². The van der Waals surface area contributed by atoms with Gasteiger partial charge in [-0.15, -0.1) is 0 Å². The molecule has 0 saturated heterocycles. The van der Waals surface area contributed by atoms with E-state index < -0.39 is 0 Å². The van der Waals surface area contributed by atoms with Gasteiger partial charge in [0.25, 0.3) is 0 Å². The lowest BCUT2D eigenvalue weighted by molar-refractivity contribution is -0.115. The van der Waals surface area contributed by atoms with E-state index >= 15 is 0 Å². The van der Waals surface area contributed by atoms with E-state index in [0.29, 0.717) is 6.42 Å². The van der Waals surface area contributed by atoms with Gasteiger partial charge < -0.3 is 5.32 Å². The first-order valence-corrected chi connectivity index (χ1v) is 5.07. The smallest absolute Gasteiger partial charge is 0.224 e. The number of hydrogen-bond acceptors (Lipinski definition) is 1. The first-order chi connectivity index (χ1) is 6.69. The molecule has 0 aliphatic carbocycles. The Morgan fingerprint density at radius 2 is 2.07 bits per heavy atom. The fourth-order valence-electron chi connectivity index (χ4n) is 1.44. The molecular formula is C12H17NO. The summed E-state index contributed by atoms with van der Waals surface area (Å²) < 4.78 is 0. The lowest BCUT2D eigenvalue weighted by atomic mass is 10.0. The van der Waals surface area contributed by atoms with E-state index in [1.54, 1.807) is 0 Å². The van der Waals surface area contributed by atoms with Gasteiger partial charge in [0, 0.05) is 12.1 Å². The van der Waals surface area contributed by atoms with Crippen LogP contribution in [0.1, 0.15) is 31.4 Å². The summed E-state index contributed by atoms with van der Waals surface area (Å²) in [5.41, 5.74) is 3.41. The summed E-state index contributed by atoms with van der Waals surface area (Å²) in [5, 5.41) is 2.90. The molecule has 1 aromatic rings. The minimum Gasteiger partial charge on any atom is -0.326 e. The van der Waals surface area contributed by atoms with Crippen molar-refractivity contribution in [1.82, 2.24) is 0 Å². The molecule has 0 bridgehead atoms. The van der Waals surface area contributed by atoms with Gasteiger partial charge in [-0.3, -0.25) is 4.79 Å². The number of aryl methyl sites for hydroxylation is 1. The molecule has 1 rings (SSSR count). The maximum atomic E-state index is 11.2. The summed E-state index contributed by atoms with van der Waals surface area (Å²) in [4.78, 5) is 11.2. The van der Waals surface area contributed by atoms with E-state index in [0.717, 1.165) is 12.1 Å². The minimum atomic E-state index is 0.0707. The number of amides is 1. The summed E-state index contributed by atoms with van der Waals surface area (Å²) in [7, 11) is 0. The standard InChI is InChI=1S/C12H17NO/c1-4-10-7-6-8-11(9(10)3)13-12(14)5-2/h6-8H,4-5H2,1-3H3,(H,13,14). The molecule has 76 valence electrons.